The van der Waals surface area contributed by atoms with Crippen LogP contribution in [-0.4, -0.2) is 48.2 Å². The largest absolute Gasteiger partial charge is 0.478 e. The number of aliphatic carboxylic acids is 1. The molecule has 0 radical (unpaired) electrons. The summed E-state index contributed by atoms with van der Waals surface area (Å²) in [6.07, 6.45) is 2.37. The summed E-state index contributed by atoms with van der Waals surface area (Å²) in [5, 5.41) is 8.34. The van der Waals surface area contributed by atoms with Gasteiger partial charge in [0.15, 0.2) is 0 Å². The minimum atomic E-state index is -1.16. The standard InChI is InChI=1S/C11H19NO4/c1-11(2,7-8-12(3)4)16-10(15)6-5-9(13)14/h5-6H,7-8H2,1-4H3,(H,13,14). The topological polar surface area (TPSA) is 66.8 Å². The molecular weight excluding hydrogens is 210 g/mol. The van der Waals surface area contributed by atoms with Crippen LogP contribution in [0, 0.1) is 0 Å². The van der Waals surface area contributed by atoms with Crippen molar-refractivity contribution in [2.45, 2.75) is 25.9 Å². The minimum absolute atomic E-state index is 0.593. The summed E-state index contributed by atoms with van der Waals surface area (Å²) in [6, 6.07) is 0. The molecule has 92 valence electrons. The van der Waals surface area contributed by atoms with Gasteiger partial charge in [0.1, 0.15) is 5.60 Å². The molecule has 0 fully saturated rings. The van der Waals surface area contributed by atoms with Crippen molar-refractivity contribution in [3.8, 4) is 0 Å². The smallest absolute Gasteiger partial charge is 0.331 e. The first-order valence-electron chi connectivity index (χ1n) is 5.01. The maximum atomic E-state index is 11.2. The molecule has 0 atom stereocenters. The van der Waals surface area contributed by atoms with Crippen molar-refractivity contribution in [3.63, 3.8) is 0 Å². The molecule has 0 aromatic carbocycles. The third-order valence-electron chi connectivity index (χ3n) is 1.90. The number of esters is 1. The summed E-state index contributed by atoms with van der Waals surface area (Å²) in [5.74, 6) is -1.80. The lowest BCUT2D eigenvalue weighted by Crippen LogP contribution is -2.31. The van der Waals surface area contributed by atoms with Crippen LogP contribution in [0.3, 0.4) is 0 Å². The van der Waals surface area contributed by atoms with Gasteiger partial charge in [0.05, 0.1) is 0 Å². The van der Waals surface area contributed by atoms with Gasteiger partial charge in [-0.15, -0.1) is 0 Å². The molecule has 0 aliphatic carbocycles. The summed E-state index contributed by atoms with van der Waals surface area (Å²) < 4.78 is 5.12. The van der Waals surface area contributed by atoms with Gasteiger partial charge in [0.2, 0.25) is 0 Å². The van der Waals surface area contributed by atoms with Crippen molar-refractivity contribution in [2.24, 2.45) is 0 Å². The van der Waals surface area contributed by atoms with Crippen molar-refractivity contribution in [1.82, 2.24) is 4.90 Å². The molecule has 0 rings (SSSR count). The van der Waals surface area contributed by atoms with E-state index in [2.05, 4.69) is 0 Å². The zero-order chi connectivity index (χ0) is 12.8. The van der Waals surface area contributed by atoms with Crippen LogP contribution >= 0.6 is 0 Å². The molecule has 0 heterocycles. The molecule has 0 amide bonds. The molecule has 0 aromatic heterocycles. The average molecular weight is 229 g/mol. The molecule has 0 aliphatic heterocycles. The van der Waals surface area contributed by atoms with Gasteiger partial charge in [-0.05, 0) is 34.4 Å². The lowest BCUT2D eigenvalue weighted by atomic mass is 10.1. The fraction of sp³-hybridized carbons (Fsp3) is 0.636. The van der Waals surface area contributed by atoms with Gasteiger partial charge in [0, 0.05) is 18.7 Å². The van der Waals surface area contributed by atoms with E-state index in [-0.39, 0.29) is 0 Å². The van der Waals surface area contributed by atoms with E-state index in [9.17, 15) is 9.59 Å². The molecule has 0 bridgehead atoms. The Bertz CT molecular complexity index is 282. The second kappa shape index (κ2) is 6.27. The predicted molar refractivity (Wildman–Crippen MR) is 60.1 cm³/mol. The molecular formula is C11H19NO4. The Morgan fingerprint density at radius 2 is 1.88 bits per heavy atom. The van der Waals surface area contributed by atoms with E-state index < -0.39 is 17.5 Å². The normalized spacial score (nSPS) is 12.1. The van der Waals surface area contributed by atoms with Gasteiger partial charge < -0.3 is 14.7 Å². The van der Waals surface area contributed by atoms with Gasteiger partial charge in [-0.2, -0.15) is 0 Å². The molecule has 0 saturated heterocycles. The SMILES string of the molecule is CN(C)CCC(C)(C)OC(=O)C=CC(=O)O. The predicted octanol–water partition coefficient (Wildman–Crippen LogP) is 0.901. The summed E-state index contributed by atoms with van der Waals surface area (Å²) in [7, 11) is 3.87. The maximum absolute atomic E-state index is 11.2. The molecule has 0 aliphatic rings. The number of hydrogen-bond acceptors (Lipinski definition) is 4. The first kappa shape index (κ1) is 14.6. The van der Waals surface area contributed by atoms with Crippen LogP contribution in [0.5, 0.6) is 0 Å². The zero-order valence-corrected chi connectivity index (χ0v) is 10.2. The Hall–Kier alpha value is -1.36. The van der Waals surface area contributed by atoms with Crippen LogP contribution < -0.4 is 0 Å². The number of ether oxygens (including phenoxy) is 1. The van der Waals surface area contributed by atoms with E-state index in [4.69, 9.17) is 9.84 Å². The van der Waals surface area contributed by atoms with Crippen LogP contribution in [0.2, 0.25) is 0 Å². The van der Waals surface area contributed by atoms with Gasteiger partial charge in [-0.1, -0.05) is 0 Å². The number of carbonyl (C=O) groups is 2. The summed E-state index contributed by atoms with van der Waals surface area (Å²) in [4.78, 5) is 23.4. The number of carboxylic acids is 1. The van der Waals surface area contributed by atoms with E-state index in [1.807, 2.05) is 19.0 Å². The van der Waals surface area contributed by atoms with Crippen molar-refractivity contribution in [3.05, 3.63) is 12.2 Å². The van der Waals surface area contributed by atoms with Gasteiger partial charge in [-0.25, -0.2) is 9.59 Å². The van der Waals surface area contributed by atoms with Gasteiger partial charge >= 0.3 is 11.9 Å². The van der Waals surface area contributed by atoms with Crippen molar-refractivity contribution >= 4 is 11.9 Å². The van der Waals surface area contributed by atoms with Crippen LogP contribution in [0.25, 0.3) is 0 Å². The molecule has 16 heavy (non-hydrogen) atoms. The summed E-state index contributed by atoms with van der Waals surface area (Å²) in [6.45, 7) is 4.38. The van der Waals surface area contributed by atoms with Gasteiger partial charge in [-0.3, -0.25) is 0 Å². The molecule has 0 aromatic rings. The molecule has 0 saturated carbocycles. The highest BCUT2D eigenvalue weighted by atomic mass is 16.6. The van der Waals surface area contributed by atoms with E-state index in [0.717, 1.165) is 18.7 Å². The lowest BCUT2D eigenvalue weighted by molar-refractivity contribution is -0.151. The fourth-order valence-corrected chi connectivity index (χ4v) is 0.990. The van der Waals surface area contributed by atoms with Crippen LogP contribution in [0.1, 0.15) is 20.3 Å². The molecule has 5 nitrogen and oxygen atoms in total. The third-order valence-corrected chi connectivity index (χ3v) is 1.90. The number of carbonyl (C=O) groups excluding carboxylic acids is 1. The second-order valence-corrected chi connectivity index (χ2v) is 4.41. The first-order valence-corrected chi connectivity index (χ1v) is 5.01. The zero-order valence-electron chi connectivity index (χ0n) is 10.2. The highest BCUT2D eigenvalue weighted by molar-refractivity contribution is 5.90. The minimum Gasteiger partial charge on any atom is -0.478 e. The Kier molecular flexibility index (Phi) is 5.74. The van der Waals surface area contributed by atoms with Crippen LogP contribution in [0.15, 0.2) is 12.2 Å². The quantitative estimate of drug-likeness (QED) is 0.541. The number of nitrogens with zero attached hydrogens (tertiary/aromatic N) is 1. The third kappa shape index (κ3) is 7.99. The van der Waals surface area contributed by atoms with Crippen molar-refractivity contribution in [1.29, 1.82) is 0 Å². The first-order chi connectivity index (χ1) is 7.23. The molecule has 5 heteroatoms. The second-order valence-electron chi connectivity index (χ2n) is 4.41. The van der Waals surface area contributed by atoms with Crippen molar-refractivity contribution < 1.29 is 19.4 Å². The number of carboxylic acid groups (broad SMARTS) is 1. The van der Waals surface area contributed by atoms with E-state index in [0.29, 0.717) is 6.42 Å². The monoisotopic (exact) mass is 229 g/mol. The highest BCUT2D eigenvalue weighted by Crippen LogP contribution is 2.15. The van der Waals surface area contributed by atoms with Crippen molar-refractivity contribution in [2.75, 3.05) is 20.6 Å². The summed E-state index contributed by atoms with van der Waals surface area (Å²) in [5.41, 5.74) is -0.593. The molecule has 0 spiro atoms. The summed E-state index contributed by atoms with van der Waals surface area (Å²) >= 11 is 0. The van der Waals surface area contributed by atoms with Crippen LogP contribution in [-0.2, 0) is 14.3 Å². The molecule has 0 unspecified atom stereocenters. The Morgan fingerprint density at radius 1 is 1.31 bits per heavy atom. The van der Waals surface area contributed by atoms with Gasteiger partial charge in [0.25, 0.3) is 0 Å². The number of hydrogen-bond donors (Lipinski definition) is 1. The van der Waals surface area contributed by atoms with E-state index in [1.165, 1.54) is 0 Å². The number of rotatable bonds is 6. The van der Waals surface area contributed by atoms with E-state index in [1.54, 1.807) is 13.8 Å². The van der Waals surface area contributed by atoms with Crippen LogP contribution in [0.4, 0.5) is 0 Å². The molecule has 1 N–H and O–H groups in total. The van der Waals surface area contributed by atoms with E-state index >= 15 is 0 Å². The Labute approximate surface area is 95.7 Å². The fourth-order valence-electron chi connectivity index (χ4n) is 0.990. The Balaban J connectivity index is 4.14. The highest BCUT2D eigenvalue weighted by Gasteiger charge is 2.21. The Morgan fingerprint density at radius 3 is 2.31 bits per heavy atom. The average Bonchev–Trinajstić information content (AvgIpc) is 2.11. The lowest BCUT2D eigenvalue weighted by Gasteiger charge is -2.25. The maximum Gasteiger partial charge on any atom is 0.331 e.